The molecule has 0 aliphatic heterocycles. The quantitative estimate of drug-likeness (QED) is 0.147. The molecule has 6 aromatic rings. The smallest absolute Gasteiger partial charge is 0.268 e. The highest BCUT2D eigenvalue weighted by Gasteiger charge is 2.33. The Kier molecular flexibility index (Phi) is 8.47. The van der Waals surface area contributed by atoms with E-state index in [0.29, 0.717) is 43.8 Å². The molecule has 49 heavy (non-hydrogen) atoms. The molecule has 248 valence electrons. The Labute approximate surface area is 289 Å². The summed E-state index contributed by atoms with van der Waals surface area (Å²) in [7, 11) is -8.06. The van der Waals surface area contributed by atoms with Crippen molar-refractivity contribution in [2.24, 2.45) is 0 Å². The van der Waals surface area contributed by atoms with Crippen LogP contribution in [0.3, 0.4) is 0 Å². The molecule has 2 heterocycles. The zero-order valence-electron chi connectivity index (χ0n) is 27.3. The number of benzene rings is 4. The number of sulfone groups is 1. The highest BCUT2D eigenvalue weighted by molar-refractivity contribution is 7.91. The highest BCUT2D eigenvalue weighted by Crippen LogP contribution is 2.48. The third kappa shape index (κ3) is 5.90. The largest absolute Gasteiger partial charge is 0.299 e. The van der Waals surface area contributed by atoms with E-state index in [9.17, 15) is 26.0 Å². The fourth-order valence-electron chi connectivity index (χ4n) is 5.97. The average Bonchev–Trinajstić information content (AvgIpc) is 3.66. The first kappa shape index (κ1) is 34.0. The summed E-state index contributed by atoms with van der Waals surface area (Å²) in [5.74, 6) is -0.758. The number of carbonyl (C=O) groups is 1. The molecule has 0 radical (unpaired) electrons. The molecule has 0 spiro atoms. The highest BCUT2D eigenvalue weighted by atomic mass is 32.2. The number of rotatable bonds is 8. The van der Waals surface area contributed by atoms with E-state index in [1.165, 1.54) is 58.6 Å². The number of hydrogen-bond acceptors (Lipinski definition) is 6. The average molecular weight is 711 g/mol. The summed E-state index contributed by atoms with van der Waals surface area (Å²) in [6, 6.07) is 23.9. The lowest BCUT2D eigenvalue weighted by atomic mass is 9.80. The third-order valence-corrected chi connectivity index (χ3v) is 12.5. The van der Waals surface area contributed by atoms with Crippen molar-refractivity contribution in [2.75, 3.05) is 6.26 Å². The maximum Gasteiger partial charge on any atom is 0.268 e. The Balaban J connectivity index is 1.70. The van der Waals surface area contributed by atoms with Gasteiger partial charge < -0.3 is 0 Å². The van der Waals surface area contributed by atoms with E-state index in [4.69, 9.17) is 6.57 Å². The Hall–Kier alpha value is -4.89. The zero-order chi connectivity index (χ0) is 35.5. The molecule has 0 aliphatic rings. The van der Waals surface area contributed by atoms with Gasteiger partial charge in [0.15, 0.2) is 9.84 Å². The molecule has 0 unspecified atom stereocenters. The predicted octanol–water partition coefficient (Wildman–Crippen LogP) is 9.21. The Bertz CT molecular complexity index is 2570. The number of nitrogens with zero attached hydrogens (tertiary/aromatic N) is 2. The van der Waals surface area contributed by atoms with Crippen molar-refractivity contribution in [1.82, 2.24) is 3.97 Å². The number of thiophene rings is 1. The van der Waals surface area contributed by atoms with Crippen molar-refractivity contribution in [3.05, 3.63) is 125 Å². The summed E-state index contributed by atoms with van der Waals surface area (Å²) in [5, 5.41) is 2.36. The molecule has 7 nitrogen and oxygen atoms in total. The van der Waals surface area contributed by atoms with Crippen molar-refractivity contribution >= 4 is 52.9 Å². The van der Waals surface area contributed by atoms with Crippen LogP contribution in [-0.2, 0) is 30.1 Å². The molecule has 11 heteroatoms. The second-order valence-corrected chi connectivity index (χ2v) is 17.1. The maximum atomic E-state index is 14.9. The van der Waals surface area contributed by atoms with Crippen LogP contribution < -0.4 is 0 Å². The molecule has 6 rings (SSSR count). The third-order valence-electron chi connectivity index (χ3n) is 8.87. The van der Waals surface area contributed by atoms with Crippen LogP contribution in [0.5, 0.6) is 0 Å². The van der Waals surface area contributed by atoms with Gasteiger partial charge in [-0.3, -0.25) is 4.79 Å². The van der Waals surface area contributed by atoms with Crippen LogP contribution >= 0.6 is 11.3 Å². The maximum absolute atomic E-state index is 14.9. The van der Waals surface area contributed by atoms with E-state index in [0.717, 1.165) is 11.8 Å². The standard InChI is InChI=1S/C38H31FN2O5S3/c1-23-10-14-29(15-11-23)49(45,46)41-33-17-13-28(39)22-31(33)35(30-18-19-47-37(30)40-5)36(41)27-9-7-8-25(20-27)26-12-16-32(38(3,4)24(2)42)34(21-26)48(6,43)44/h7-22H,1-4,6H3. The molecule has 0 amide bonds. The van der Waals surface area contributed by atoms with Crippen LogP contribution in [0.2, 0.25) is 0 Å². The minimum atomic E-state index is -4.29. The Morgan fingerprint density at radius 1 is 0.878 bits per heavy atom. The Morgan fingerprint density at radius 2 is 1.55 bits per heavy atom. The van der Waals surface area contributed by atoms with Crippen LogP contribution in [0.4, 0.5) is 9.39 Å². The monoisotopic (exact) mass is 710 g/mol. The number of hydrogen-bond donors (Lipinski definition) is 0. The summed E-state index contributed by atoms with van der Waals surface area (Å²) >= 11 is 1.20. The van der Waals surface area contributed by atoms with Crippen LogP contribution in [0, 0.1) is 19.3 Å². The van der Waals surface area contributed by atoms with Gasteiger partial charge in [0.05, 0.1) is 27.6 Å². The second kappa shape index (κ2) is 12.2. The van der Waals surface area contributed by atoms with Gasteiger partial charge in [-0.2, -0.15) is 11.3 Å². The molecule has 0 saturated heterocycles. The lowest BCUT2D eigenvalue weighted by Crippen LogP contribution is -2.28. The first-order chi connectivity index (χ1) is 23.0. The molecule has 4 aromatic carbocycles. The summed E-state index contributed by atoms with van der Waals surface area (Å²) in [6.07, 6.45) is 1.10. The van der Waals surface area contributed by atoms with Crippen molar-refractivity contribution < 1.29 is 26.0 Å². The van der Waals surface area contributed by atoms with Crippen LogP contribution in [-0.4, -0.2) is 32.8 Å². The minimum Gasteiger partial charge on any atom is -0.299 e. The molecule has 0 saturated carbocycles. The zero-order valence-corrected chi connectivity index (χ0v) is 29.7. The van der Waals surface area contributed by atoms with Gasteiger partial charge in [-0.05, 0) is 92.2 Å². The van der Waals surface area contributed by atoms with Crippen molar-refractivity contribution in [3.8, 4) is 33.5 Å². The van der Waals surface area contributed by atoms with Gasteiger partial charge in [0.2, 0.25) is 5.00 Å². The lowest BCUT2D eigenvalue weighted by Gasteiger charge is -2.25. The van der Waals surface area contributed by atoms with Gasteiger partial charge in [-0.15, -0.1) is 0 Å². The predicted molar refractivity (Wildman–Crippen MR) is 193 cm³/mol. The summed E-state index contributed by atoms with van der Waals surface area (Å²) in [4.78, 5) is 16.2. The normalized spacial score (nSPS) is 12.3. The van der Waals surface area contributed by atoms with Crippen LogP contribution in [0.1, 0.15) is 31.9 Å². The SMILES string of the molecule is [C-]#[N+]c1sccc1-c1c(-c2cccc(-c3ccc(C(C)(C)C(C)=O)c(S(C)(=O)=O)c3)c2)n(S(=O)(=O)c2ccc(C)cc2)c2ccc(F)cc12. The second-order valence-electron chi connectivity index (χ2n) is 12.5. The topological polar surface area (TPSA) is 94.6 Å². The van der Waals surface area contributed by atoms with Gasteiger partial charge in [0.1, 0.15) is 11.6 Å². The number of fused-ring (bicyclic) bond motifs is 1. The molecule has 2 aromatic heterocycles. The number of ketones is 1. The molecule has 0 aliphatic carbocycles. The molecular formula is C38H31FN2O5S3. The van der Waals surface area contributed by atoms with Gasteiger partial charge in [0, 0.05) is 33.7 Å². The van der Waals surface area contributed by atoms with Gasteiger partial charge >= 0.3 is 0 Å². The fraction of sp³-hybridized carbons (Fsp3) is 0.158. The molecule has 0 fully saturated rings. The van der Waals surface area contributed by atoms with Crippen molar-refractivity contribution in [1.29, 1.82) is 0 Å². The van der Waals surface area contributed by atoms with Gasteiger partial charge in [-0.25, -0.2) is 30.0 Å². The van der Waals surface area contributed by atoms with Gasteiger partial charge in [-0.1, -0.05) is 54.1 Å². The summed E-state index contributed by atoms with van der Waals surface area (Å²) in [5.41, 5.74) is 3.03. The Morgan fingerprint density at radius 3 is 2.20 bits per heavy atom. The van der Waals surface area contributed by atoms with Gasteiger partial charge in [0.25, 0.3) is 10.0 Å². The van der Waals surface area contributed by atoms with E-state index in [1.807, 2.05) is 6.92 Å². The fourth-order valence-corrected chi connectivity index (χ4v) is 9.27. The number of aryl methyl sites for hydroxylation is 1. The first-order valence-electron chi connectivity index (χ1n) is 15.1. The molecular weight excluding hydrogens is 680 g/mol. The summed E-state index contributed by atoms with van der Waals surface area (Å²) < 4.78 is 71.4. The van der Waals surface area contributed by atoms with E-state index < -0.39 is 31.1 Å². The summed E-state index contributed by atoms with van der Waals surface area (Å²) in [6.45, 7) is 14.5. The van der Waals surface area contributed by atoms with E-state index >= 15 is 0 Å². The number of carbonyl (C=O) groups excluding carboxylic acids is 1. The molecule has 0 N–H and O–H groups in total. The van der Waals surface area contributed by atoms with Crippen LogP contribution in [0.15, 0.2) is 106 Å². The van der Waals surface area contributed by atoms with Crippen LogP contribution in [0.25, 0.3) is 49.3 Å². The number of aromatic nitrogens is 1. The number of Topliss-reactive ketones (excluding diaryl/α,β-unsaturated/α-hetero) is 1. The van der Waals surface area contributed by atoms with E-state index in [-0.39, 0.29) is 26.8 Å². The lowest BCUT2D eigenvalue weighted by molar-refractivity contribution is -0.121. The molecule has 0 atom stereocenters. The van der Waals surface area contributed by atoms with E-state index in [1.54, 1.807) is 73.8 Å². The minimum absolute atomic E-state index is 0.0165. The van der Waals surface area contributed by atoms with Crippen molar-refractivity contribution in [2.45, 2.75) is 42.9 Å². The van der Waals surface area contributed by atoms with E-state index in [2.05, 4.69) is 4.85 Å². The first-order valence-corrected chi connectivity index (χ1v) is 19.3. The number of halogens is 1. The molecule has 0 bridgehead atoms. The van der Waals surface area contributed by atoms with Crippen molar-refractivity contribution in [3.63, 3.8) is 0 Å².